The number of carbonyl (C=O) groups is 2. The lowest BCUT2D eigenvalue weighted by molar-refractivity contribution is 0.0853. The van der Waals surface area contributed by atoms with Crippen molar-refractivity contribution in [2.45, 2.75) is 32.8 Å². The molecule has 138 valence electrons. The number of aromatic nitrogens is 3. The molecule has 0 spiro atoms. The van der Waals surface area contributed by atoms with Crippen LogP contribution in [0.4, 0.5) is 0 Å². The van der Waals surface area contributed by atoms with Gasteiger partial charge in [0.1, 0.15) is 0 Å². The molecule has 2 heterocycles. The van der Waals surface area contributed by atoms with Crippen LogP contribution in [-0.4, -0.2) is 52.6 Å². The SMILES string of the molecule is CCNC(=O)c1ccc(-n2nnc(C(=O)NCC3CCCO3)c2C)cc1. The van der Waals surface area contributed by atoms with E-state index in [4.69, 9.17) is 4.74 Å². The molecule has 1 aromatic carbocycles. The third-order valence-electron chi connectivity index (χ3n) is 4.34. The summed E-state index contributed by atoms with van der Waals surface area (Å²) < 4.78 is 7.09. The number of ether oxygens (including phenoxy) is 1. The molecule has 1 aliphatic rings. The van der Waals surface area contributed by atoms with Crippen LogP contribution in [0.25, 0.3) is 5.69 Å². The molecule has 0 bridgehead atoms. The topological polar surface area (TPSA) is 98.1 Å². The summed E-state index contributed by atoms with van der Waals surface area (Å²) in [6.07, 6.45) is 2.07. The first-order valence-corrected chi connectivity index (χ1v) is 8.81. The number of nitrogens with zero attached hydrogens (tertiary/aromatic N) is 3. The highest BCUT2D eigenvalue weighted by Gasteiger charge is 2.20. The fourth-order valence-electron chi connectivity index (χ4n) is 2.90. The van der Waals surface area contributed by atoms with Crippen molar-refractivity contribution in [3.63, 3.8) is 0 Å². The largest absolute Gasteiger partial charge is 0.376 e. The summed E-state index contributed by atoms with van der Waals surface area (Å²) in [4.78, 5) is 24.2. The molecule has 1 aliphatic heterocycles. The number of benzene rings is 1. The molecular formula is C18H23N5O3. The number of rotatable bonds is 6. The maximum atomic E-state index is 12.3. The van der Waals surface area contributed by atoms with Gasteiger partial charge in [0.25, 0.3) is 11.8 Å². The summed E-state index contributed by atoms with van der Waals surface area (Å²) >= 11 is 0. The number of nitrogens with one attached hydrogen (secondary N) is 2. The van der Waals surface area contributed by atoms with Crippen molar-refractivity contribution in [2.75, 3.05) is 19.7 Å². The predicted molar refractivity (Wildman–Crippen MR) is 95.4 cm³/mol. The zero-order chi connectivity index (χ0) is 18.5. The molecule has 26 heavy (non-hydrogen) atoms. The van der Waals surface area contributed by atoms with Gasteiger partial charge in [0.15, 0.2) is 5.69 Å². The van der Waals surface area contributed by atoms with E-state index in [0.29, 0.717) is 24.3 Å². The summed E-state index contributed by atoms with van der Waals surface area (Å²) in [6.45, 7) is 5.47. The highest BCUT2D eigenvalue weighted by Crippen LogP contribution is 2.14. The van der Waals surface area contributed by atoms with Crippen molar-refractivity contribution in [1.29, 1.82) is 0 Å². The lowest BCUT2D eigenvalue weighted by Gasteiger charge is -2.10. The van der Waals surface area contributed by atoms with E-state index < -0.39 is 0 Å². The summed E-state index contributed by atoms with van der Waals surface area (Å²) in [5.41, 5.74) is 2.24. The van der Waals surface area contributed by atoms with Crippen molar-refractivity contribution in [3.05, 3.63) is 41.2 Å². The second-order valence-electron chi connectivity index (χ2n) is 6.19. The van der Waals surface area contributed by atoms with Crippen LogP contribution in [0.15, 0.2) is 24.3 Å². The Kier molecular flexibility index (Phi) is 5.62. The average Bonchev–Trinajstić information content (AvgIpc) is 3.30. The molecule has 1 unspecified atom stereocenters. The first kappa shape index (κ1) is 18.1. The maximum Gasteiger partial charge on any atom is 0.273 e. The molecule has 0 radical (unpaired) electrons. The Labute approximate surface area is 151 Å². The maximum absolute atomic E-state index is 12.3. The molecule has 3 rings (SSSR count). The third-order valence-corrected chi connectivity index (χ3v) is 4.34. The van der Waals surface area contributed by atoms with E-state index in [0.717, 1.165) is 25.1 Å². The van der Waals surface area contributed by atoms with Gasteiger partial charge in [0, 0.05) is 25.3 Å². The van der Waals surface area contributed by atoms with E-state index in [1.54, 1.807) is 35.9 Å². The van der Waals surface area contributed by atoms with Gasteiger partial charge in [-0.3, -0.25) is 9.59 Å². The Morgan fingerprint density at radius 3 is 2.65 bits per heavy atom. The Morgan fingerprint density at radius 2 is 2.00 bits per heavy atom. The molecule has 1 saturated heterocycles. The van der Waals surface area contributed by atoms with Gasteiger partial charge in [-0.05, 0) is 51.0 Å². The Hall–Kier alpha value is -2.74. The molecule has 0 saturated carbocycles. The zero-order valence-corrected chi connectivity index (χ0v) is 15.0. The van der Waals surface area contributed by atoms with E-state index in [9.17, 15) is 9.59 Å². The Balaban J connectivity index is 1.69. The van der Waals surface area contributed by atoms with Crippen LogP contribution in [0.2, 0.25) is 0 Å². The normalized spacial score (nSPS) is 16.5. The summed E-state index contributed by atoms with van der Waals surface area (Å²) in [5, 5.41) is 13.7. The minimum absolute atomic E-state index is 0.0797. The average molecular weight is 357 g/mol. The molecule has 8 heteroatoms. The van der Waals surface area contributed by atoms with Gasteiger partial charge in [0.2, 0.25) is 0 Å². The number of hydrogen-bond acceptors (Lipinski definition) is 5. The fraction of sp³-hybridized carbons (Fsp3) is 0.444. The third kappa shape index (κ3) is 3.91. The van der Waals surface area contributed by atoms with Crippen molar-refractivity contribution in [3.8, 4) is 5.69 Å². The first-order valence-electron chi connectivity index (χ1n) is 8.81. The summed E-state index contributed by atoms with van der Waals surface area (Å²) in [6, 6.07) is 7.00. The molecule has 2 amide bonds. The molecule has 1 aromatic heterocycles. The van der Waals surface area contributed by atoms with Crippen molar-refractivity contribution < 1.29 is 14.3 Å². The van der Waals surface area contributed by atoms with Gasteiger partial charge >= 0.3 is 0 Å². The van der Waals surface area contributed by atoms with Crippen LogP contribution >= 0.6 is 0 Å². The van der Waals surface area contributed by atoms with Gasteiger partial charge in [0.05, 0.1) is 17.5 Å². The molecule has 1 fully saturated rings. The van der Waals surface area contributed by atoms with E-state index >= 15 is 0 Å². The van der Waals surface area contributed by atoms with Crippen LogP contribution in [0.3, 0.4) is 0 Å². The predicted octanol–water partition coefficient (Wildman–Crippen LogP) is 1.23. The van der Waals surface area contributed by atoms with Gasteiger partial charge in [-0.15, -0.1) is 5.10 Å². The second kappa shape index (κ2) is 8.09. The van der Waals surface area contributed by atoms with Crippen LogP contribution in [0, 0.1) is 6.92 Å². The van der Waals surface area contributed by atoms with Crippen molar-refractivity contribution in [1.82, 2.24) is 25.6 Å². The van der Waals surface area contributed by atoms with Crippen molar-refractivity contribution in [2.24, 2.45) is 0 Å². The minimum Gasteiger partial charge on any atom is -0.376 e. The van der Waals surface area contributed by atoms with E-state index in [1.807, 2.05) is 6.92 Å². The van der Waals surface area contributed by atoms with Crippen LogP contribution in [-0.2, 0) is 4.74 Å². The fourth-order valence-corrected chi connectivity index (χ4v) is 2.90. The van der Waals surface area contributed by atoms with Gasteiger partial charge < -0.3 is 15.4 Å². The summed E-state index contributed by atoms with van der Waals surface area (Å²) in [7, 11) is 0. The van der Waals surface area contributed by atoms with Gasteiger partial charge in [-0.2, -0.15) is 0 Å². The molecular weight excluding hydrogens is 334 g/mol. The van der Waals surface area contributed by atoms with Gasteiger partial charge in [-0.1, -0.05) is 5.21 Å². The lowest BCUT2D eigenvalue weighted by Crippen LogP contribution is -2.32. The minimum atomic E-state index is -0.261. The van der Waals surface area contributed by atoms with E-state index in [1.165, 1.54) is 0 Å². The Morgan fingerprint density at radius 1 is 1.23 bits per heavy atom. The smallest absolute Gasteiger partial charge is 0.273 e. The van der Waals surface area contributed by atoms with Crippen LogP contribution in [0.5, 0.6) is 0 Å². The monoisotopic (exact) mass is 357 g/mol. The van der Waals surface area contributed by atoms with Crippen LogP contribution in [0.1, 0.15) is 46.3 Å². The zero-order valence-electron chi connectivity index (χ0n) is 15.0. The number of carbonyl (C=O) groups excluding carboxylic acids is 2. The van der Waals surface area contributed by atoms with Crippen LogP contribution < -0.4 is 10.6 Å². The Bertz CT molecular complexity index is 779. The molecule has 8 nitrogen and oxygen atoms in total. The summed E-state index contributed by atoms with van der Waals surface area (Å²) in [5.74, 6) is -0.383. The number of amides is 2. The van der Waals surface area contributed by atoms with Gasteiger partial charge in [-0.25, -0.2) is 4.68 Å². The standard InChI is InChI=1S/C18H23N5O3/c1-3-19-17(24)13-6-8-14(9-7-13)23-12(2)16(21-22-23)18(25)20-11-15-5-4-10-26-15/h6-9,15H,3-5,10-11H2,1-2H3,(H,19,24)(H,20,25). The molecule has 2 N–H and O–H groups in total. The first-order chi connectivity index (χ1) is 12.6. The highest BCUT2D eigenvalue weighted by atomic mass is 16.5. The number of hydrogen-bond donors (Lipinski definition) is 2. The lowest BCUT2D eigenvalue weighted by atomic mass is 10.2. The quantitative estimate of drug-likeness (QED) is 0.810. The highest BCUT2D eigenvalue weighted by molar-refractivity contribution is 5.94. The van der Waals surface area contributed by atoms with E-state index in [-0.39, 0.29) is 23.6 Å². The molecule has 1 atom stereocenters. The van der Waals surface area contributed by atoms with Crippen molar-refractivity contribution >= 4 is 11.8 Å². The molecule has 0 aliphatic carbocycles. The van der Waals surface area contributed by atoms with E-state index in [2.05, 4.69) is 20.9 Å². The molecule has 2 aromatic rings. The second-order valence-corrected chi connectivity index (χ2v) is 6.19.